The second kappa shape index (κ2) is 6.58. The molecule has 1 amide bonds. The van der Waals surface area contributed by atoms with Crippen LogP contribution in [0.4, 0.5) is 0 Å². The number of rotatable bonds is 5. The maximum atomic E-state index is 11.9. The normalized spacial score (nSPS) is 13.0. The summed E-state index contributed by atoms with van der Waals surface area (Å²) in [6, 6.07) is 0. The summed E-state index contributed by atoms with van der Waals surface area (Å²) in [6.45, 7) is 11.8. The number of nitrogens with zero attached hydrogens (tertiary/aromatic N) is 1. The summed E-state index contributed by atoms with van der Waals surface area (Å²) in [5.74, 6) is 3.12. The third-order valence-electron chi connectivity index (χ3n) is 2.50. The fourth-order valence-electron chi connectivity index (χ4n) is 2.03. The van der Waals surface area contributed by atoms with Gasteiger partial charge in [-0.3, -0.25) is 4.79 Å². The van der Waals surface area contributed by atoms with Gasteiger partial charge in [-0.1, -0.05) is 33.6 Å². The van der Waals surface area contributed by atoms with Gasteiger partial charge in [0.1, 0.15) is 0 Å². The maximum Gasteiger partial charge on any atom is 0.223 e. The van der Waals surface area contributed by atoms with Gasteiger partial charge in [0.15, 0.2) is 0 Å². The Morgan fingerprint density at radius 1 is 1.44 bits per heavy atom. The first-order chi connectivity index (χ1) is 7.30. The van der Waals surface area contributed by atoms with Crippen molar-refractivity contribution in [1.29, 1.82) is 0 Å². The third kappa shape index (κ3) is 6.50. The monoisotopic (exact) mass is 223 g/mol. The second-order valence-corrected chi connectivity index (χ2v) is 5.69. The largest absolute Gasteiger partial charge is 0.332 e. The molecule has 0 N–H and O–H groups in total. The number of carbonyl (C=O) groups excluding carboxylic acids is 1. The highest BCUT2D eigenvalue weighted by molar-refractivity contribution is 5.76. The fourth-order valence-corrected chi connectivity index (χ4v) is 2.03. The van der Waals surface area contributed by atoms with Crippen LogP contribution >= 0.6 is 0 Å². The topological polar surface area (TPSA) is 20.3 Å². The lowest BCUT2D eigenvalue weighted by molar-refractivity contribution is -0.131. The Morgan fingerprint density at radius 3 is 2.38 bits per heavy atom. The molecule has 1 unspecified atom stereocenters. The van der Waals surface area contributed by atoms with E-state index in [4.69, 9.17) is 6.42 Å². The summed E-state index contributed by atoms with van der Waals surface area (Å²) in [5, 5.41) is 0. The maximum absolute atomic E-state index is 11.9. The molecule has 2 heteroatoms. The van der Waals surface area contributed by atoms with Crippen LogP contribution in [0.5, 0.6) is 0 Å². The summed E-state index contributed by atoms with van der Waals surface area (Å²) in [4.78, 5) is 13.6. The van der Waals surface area contributed by atoms with E-state index in [1.54, 1.807) is 4.90 Å². The summed E-state index contributed by atoms with van der Waals surface area (Å²) < 4.78 is 0. The van der Waals surface area contributed by atoms with E-state index in [1.807, 2.05) is 6.92 Å². The minimum Gasteiger partial charge on any atom is -0.332 e. The van der Waals surface area contributed by atoms with Crippen LogP contribution in [0.25, 0.3) is 0 Å². The predicted molar refractivity (Wildman–Crippen MR) is 68.9 cm³/mol. The van der Waals surface area contributed by atoms with Gasteiger partial charge in [-0.25, -0.2) is 0 Å². The van der Waals surface area contributed by atoms with E-state index in [9.17, 15) is 4.79 Å². The molecular formula is C14H25NO. The highest BCUT2D eigenvalue weighted by atomic mass is 16.2. The van der Waals surface area contributed by atoms with Gasteiger partial charge in [0.2, 0.25) is 5.91 Å². The SMILES string of the molecule is C#CCN(CC)C(=O)CC(C)CC(C)(C)C. The van der Waals surface area contributed by atoms with Crippen LogP contribution in [0.15, 0.2) is 0 Å². The van der Waals surface area contributed by atoms with Gasteiger partial charge in [-0.05, 0) is 24.7 Å². The van der Waals surface area contributed by atoms with E-state index >= 15 is 0 Å². The molecule has 0 fully saturated rings. The van der Waals surface area contributed by atoms with Crippen molar-refractivity contribution in [2.45, 2.75) is 47.5 Å². The third-order valence-corrected chi connectivity index (χ3v) is 2.50. The lowest BCUT2D eigenvalue weighted by Crippen LogP contribution is -2.32. The Morgan fingerprint density at radius 2 is 2.00 bits per heavy atom. The van der Waals surface area contributed by atoms with Crippen molar-refractivity contribution < 1.29 is 4.79 Å². The van der Waals surface area contributed by atoms with E-state index in [1.165, 1.54) is 0 Å². The van der Waals surface area contributed by atoms with Crippen LogP contribution in [0.3, 0.4) is 0 Å². The smallest absolute Gasteiger partial charge is 0.223 e. The first-order valence-electron chi connectivity index (χ1n) is 6.01. The van der Waals surface area contributed by atoms with Crippen molar-refractivity contribution in [3.8, 4) is 12.3 Å². The van der Waals surface area contributed by atoms with Gasteiger partial charge in [-0.15, -0.1) is 6.42 Å². The standard InChI is InChI=1S/C14H25NO/c1-7-9-15(8-2)13(16)10-12(3)11-14(4,5)6/h1,12H,8-11H2,2-6H3. The van der Waals surface area contributed by atoms with E-state index in [0.717, 1.165) is 6.42 Å². The summed E-state index contributed by atoms with van der Waals surface area (Å²) in [6.07, 6.45) is 6.90. The van der Waals surface area contributed by atoms with Crippen LogP contribution in [0.2, 0.25) is 0 Å². The van der Waals surface area contributed by atoms with Crippen molar-refractivity contribution in [3.05, 3.63) is 0 Å². The van der Waals surface area contributed by atoms with E-state index < -0.39 is 0 Å². The molecule has 92 valence electrons. The highest BCUT2D eigenvalue weighted by Gasteiger charge is 2.19. The van der Waals surface area contributed by atoms with Crippen LogP contribution < -0.4 is 0 Å². The summed E-state index contributed by atoms with van der Waals surface area (Å²) in [5.41, 5.74) is 0.281. The zero-order valence-corrected chi connectivity index (χ0v) is 11.3. The van der Waals surface area contributed by atoms with E-state index in [0.29, 0.717) is 25.4 Å². The van der Waals surface area contributed by atoms with Crippen molar-refractivity contribution in [2.24, 2.45) is 11.3 Å². The molecule has 16 heavy (non-hydrogen) atoms. The molecule has 0 bridgehead atoms. The second-order valence-electron chi connectivity index (χ2n) is 5.69. The van der Waals surface area contributed by atoms with Gasteiger partial charge in [0, 0.05) is 13.0 Å². The molecule has 0 radical (unpaired) electrons. The fraction of sp³-hybridized carbons (Fsp3) is 0.786. The number of amides is 1. The number of carbonyl (C=O) groups is 1. The minimum atomic E-state index is 0.178. The summed E-state index contributed by atoms with van der Waals surface area (Å²) >= 11 is 0. The molecule has 0 aromatic rings. The van der Waals surface area contributed by atoms with E-state index in [2.05, 4.69) is 33.6 Å². The minimum absolute atomic E-state index is 0.178. The highest BCUT2D eigenvalue weighted by Crippen LogP contribution is 2.26. The average Bonchev–Trinajstić information content (AvgIpc) is 2.10. The molecule has 0 aromatic carbocycles. The number of hydrogen-bond donors (Lipinski definition) is 0. The lowest BCUT2D eigenvalue weighted by Gasteiger charge is -2.25. The molecule has 0 saturated carbocycles. The lowest BCUT2D eigenvalue weighted by atomic mass is 9.84. The molecule has 0 spiro atoms. The number of terminal acetylenes is 1. The number of hydrogen-bond acceptors (Lipinski definition) is 1. The first kappa shape index (κ1) is 15.0. The Labute approximate surface area is 100 Å². The molecule has 0 rings (SSSR count). The average molecular weight is 223 g/mol. The van der Waals surface area contributed by atoms with Gasteiger partial charge in [0.05, 0.1) is 6.54 Å². The molecule has 2 nitrogen and oxygen atoms in total. The molecule has 0 aliphatic rings. The molecule has 1 atom stereocenters. The van der Waals surface area contributed by atoms with Crippen LogP contribution in [0.1, 0.15) is 47.5 Å². The van der Waals surface area contributed by atoms with Gasteiger partial charge in [0.25, 0.3) is 0 Å². The van der Waals surface area contributed by atoms with Gasteiger partial charge in [-0.2, -0.15) is 0 Å². The molecule has 0 aromatic heterocycles. The van der Waals surface area contributed by atoms with Crippen molar-refractivity contribution >= 4 is 5.91 Å². The van der Waals surface area contributed by atoms with Gasteiger partial charge >= 0.3 is 0 Å². The molecule has 0 aliphatic heterocycles. The molecule has 0 heterocycles. The zero-order valence-electron chi connectivity index (χ0n) is 11.3. The zero-order chi connectivity index (χ0) is 12.8. The molecule has 0 aliphatic carbocycles. The molecular weight excluding hydrogens is 198 g/mol. The Balaban J connectivity index is 4.18. The Kier molecular flexibility index (Phi) is 6.18. The van der Waals surface area contributed by atoms with Crippen LogP contribution in [-0.4, -0.2) is 23.9 Å². The Bertz CT molecular complexity index is 257. The van der Waals surface area contributed by atoms with Crippen molar-refractivity contribution in [3.63, 3.8) is 0 Å². The predicted octanol–water partition coefficient (Wildman–Crippen LogP) is 2.93. The van der Waals surface area contributed by atoms with E-state index in [-0.39, 0.29) is 11.3 Å². The quantitative estimate of drug-likeness (QED) is 0.656. The Hall–Kier alpha value is -0.970. The summed E-state index contributed by atoms with van der Waals surface area (Å²) in [7, 11) is 0. The molecule has 0 saturated heterocycles. The van der Waals surface area contributed by atoms with Crippen molar-refractivity contribution in [2.75, 3.05) is 13.1 Å². The van der Waals surface area contributed by atoms with Crippen LogP contribution in [0, 0.1) is 23.7 Å². The van der Waals surface area contributed by atoms with Gasteiger partial charge < -0.3 is 4.90 Å². The van der Waals surface area contributed by atoms with Crippen LogP contribution in [-0.2, 0) is 4.79 Å². The first-order valence-corrected chi connectivity index (χ1v) is 6.01. The van der Waals surface area contributed by atoms with Crippen molar-refractivity contribution in [1.82, 2.24) is 4.90 Å².